The van der Waals surface area contributed by atoms with Gasteiger partial charge in [-0.25, -0.2) is 14.2 Å². The van der Waals surface area contributed by atoms with Crippen LogP contribution in [0.4, 0.5) is 4.39 Å². The van der Waals surface area contributed by atoms with Gasteiger partial charge in [0.2, 0.25) is 0 Å². The minimum absolute atomic E-state index is 0.136. The fourth-order valence-corrected chi connectivity index (χ4v) is 3.99. The number of carbonyl (C=O) groups excluding carboxylic acids is 1. The van der Waals surface area contributed by atoms with Crippen molar-refractivity contribution < 1.29 is 28.9 Å². The van der Waals surface area contributed by atoms with Crippen LogP contribution in [0.25, 0.3) is 22.2 Å². The lowest BCUT2D eigenvalue weighted by molar-refractivity contribution is -0.143. The number of hydrogen-bond acceptors (Lipinski definition) is 7. The molecule has 0 spiro atoms. The third-order valence-electron chi connectivity index (χ3n) is 6.18. The first-order valence-electron chi connectivity index (χ1n) is 11.5. The first kappa shape index (κ1) is 25.3. The second-order valence-corrected chi connectivity index (χ2v) is 9.12. The lowest BCUT2D eigenvalue weighted by Crippen LogP contribution is -2.51. The molecule has 0 atom stereocenters. The average Bonchev–Trinajstić information content (AvgIpc) is 2.84. The third-order valence-corrected chi connectivity index (χ3v) is 6.18. The Bertz CT molecular complexity index is 1360. The average molecular weight is 499 g/mol. The standard InChI is InChI=1S/C25H27FN4O6/c1-25(2,24(34)35)28-22(32)19-20(31)18-13-16(15-3-5-17(26)6-4-15)14-27-21(18)30(23(19)33)8-7-29-9-11-36-12-10-29/h3-6,13-14,31H,7-12H2,1-2H3,(H,28,32)(H,34,35). The molecule has 1 aliphatic heterocycles. The zero-order chi connectivity index (χ0) is 26.0. The Kier molecular flexibility index (Phi) is 7.04. The van der Waals surface area contributed by atoms with E-state index in [1.54, 1.807) is 18.2 Å². The van der Waals surface area contributed by atoms with E-state index in [-0.39, 0.29) is 17.6 Å². The largest absolute Gasteiger partial charge is 0.506 e. The van der Waals surface area contributed by atoms with E-state index in [2.05, 4.69) is 15.2 Å². The number of amides is 1. The summed E-state index contributed by atoms with van der Waals surface area (Å²) in [6.07, 6.45) is 1.51. The van der Waals surface area contributed by atoms with Gasteiger partial charge in [-0.15, -0.1) is 0 Å². The molecular formula is C25H27FN4O6. The summed E-state index contributed by atoms with van der Waals surface area (Å²) in [4.78, 5) is 44.5. The fourth-order valence-electron chi connectivity index (χ4n) is 3.99. The van der Waals surface area contributed by atoms with E-state index < -0.39 is 40.1 Å². The van der Waals surface area contributed by atoms with Crippen LogP contribution in [0, 0.1) is 5.82 Å². The molecular weight excluding hydrogens is 471 g/mol. The molecule has 0 unspecified atom stereocenters. The highest BCUT2D eigenvalue weighted by atomic mass is 19.1. The highest BCUT2D eigenvalue weighted by molar-refractivity contribution is 6.04. The molecule has 1 amide bonds. The van der Waals surface area contributed by atoms with Crippen LogP contribution in [-0.4, -0.2) is 74.9 Å². The van der Waals surface area contributed by atoms with Crippen molar-refractivity contribution in [1.82, 2.24) is 19.8 Å². The predicted octanol–water partition coefficient (Wildman–Crippen LogP) is 1.83. The van der Waals surface area contributed by atoms with Crippen LogP contribution < -0.4 is 10.9 Å². The molecule has 3 heterocycles. The molecule has 0 radical (unpaired) electrons. The maximum atomic E-state index is 13.4. The number of aliphatic carboxylic acids is 1. The maximum absolute atomic E-state index is 13.4. The highest BCUT2D eigenvalue weighted by Gasteiger charge is 2.32. The summed E-state index contributed by atoms with van der Waals surface area (Å²) in [7, 11) is 0. The number of fused-ring (bicyclic) bond motifs is 1. The molecule has 0 aliphatic carbocycles. The second-order valence-electron chi connectivity index (χ2n) is 9.12. The number of ether oxygens (including phenoxy) is 1. The number of carbonyl (C=O) groups is 2. The van der Waals surface area contributed by atoms with Gasteiger partial charge in [0, 0.05) is 37.9 Å². The normalized spacial score (nSPS) is 14.6. The van der Waals surface area contributed by atoms with E-state index in [1.807, 2.05) is 0 Å². The van der Waals surface area contributed by atoms with Gasteiger partial charge in [-0.2, -0.15) is 0 Å². The van der Waals surface area contributed by atoms with Crippen molar-refractivity contribution >= 4 is 22.9 Å². The second kappa shape index (κ2) is 10.0. The number of pyridine rings is 2. The zero-order valence-electron chi connectivity index (χ0n) is 20.0. The molecule has 10 nitrogen and oxygen atoms in total. The van der Waals surface area contributed by atoms with Crippen molar-refractivity contribution in [2.75, 3.05) is 32.8 Å². The molecule has 4 rings (SSSR count). The minimum Gasteiger partial charge on any atom is -0.506 e. The maximum Gasteiger partial charge on any atom is 0.328 e. The van der Waals surface area contributed by atoms with Gasteiger partial charge in [-0.1, -0.05) is 12.1 Å². The van der Waals surface area contributed by atoms with Crippen molar-refractivity contribution in [3.05, 3.63) is 58.3 Å². The summed E-state index contributed by atoms with van der Waals surface area (Å²) in [6.45, 7) is 5.73. The molecule has 3 N–H and O–H groups in total. The first-order valence-corrected chi connectivity index (χ1v) is 11.5. The molecule has 190 valence electrons. The van der Waals surface area contributed by atoms with Crippen LogP contribution in [0.2, 0.25) is 0 Å². The lowest BCUT2D eigenvalue weighted by Gasteiger charge is -2.27. The Balaban J connectivity index is 1.84. The van der Waals surface area contributed by atoms with Gasteiger partial charge in [0.25, 0.3) is 11.5 Å². The molecule has 1 fully saturated rings. The number of rotatable bonds is 7. The third kappa shape index (κ3) is 5.07. The summed E-state index contributed by atoms with van der Waals surface area (Å²) in [5.74, 6) is -3.33. The number of carboxylic acids is 1. The van der Waals surface area contributed by atoms with Crippen molar-refractivity contribution in [3.63, 3.8) is 0 Å². The van der Waals surface area contributed by atoms with Gasteiger partial charge in [-0.05, 0) is 37.6 Å². The number of nitrogens with one attached hydrogen (secondary N) is 1. The van der Waals surface area contributed by atoms with Gasteiger partial charge in [0.05, 0.1) is 18.6 Å². The SMILES string of the molecule is CC(C)(NC(=O)c1c(O)c2cc(-c3ccc(F)cc3)cnc2n(CCN2CCOCC2)c1=O)C(=O)O. The summed E-state index contributed by atoms with van der Waals surface area (Å²) in [5, 5.41) is 22.9. The van der Waals surface area contributed by atoms with Crippen LogP contribution in [-0.2, 0) is 16.1 Å². The smallest absolute Gasteiger partial charge is 0.328 e. The van der Waals surface area contributed by atoms with Crippen molar-refractivity contribution in [3.8, 4) is 16.9 Å². The number of nitrogens with zero attached hydrogens (tertiary/aromatic N) is 3. The van der Waals surface area contributed by atoms with Crippen molar-refractivity contribution in [2.24, 2.45) is 0 Å². The molecule has 0 bridgehead atoms. The van der Waals surface area contributed by atoms with E-state index in [4.69, 9.17) is 4.74 Å². The number of aromatic hydroxyl groups is 1. The predicted molar refractivity (Wildman–Crippen MR) is 130 cm³/mol. The van der Waals surface area contributed by atoms with Gasteiger partial charge in [-0.3, -0.25) is 19.1 Å². The number of hydrogen-bond donors (Lipinski definition) is 3. The molecule has 1 aliphatic rings. The number of aromatic nitrogens is 2. The van der Waals surface area contributed by atoms with Gasteiger partial charge >= 0.3 is 5.97 Å². The summed E-state index contributed by atoms with van der Waals surface area (Å²) in [5.41, 5.74) is -1.71. The molecule has 36 heavy (non-hydrogen) atoms. The first-order chi connectivity index (χ1) is 17.1. The van der Waals surface area contributed by atoms with Crippen LogP contribution >= 0.6 is 0 Å². The zero-order valence-corrected chi connectivity index (χ0v) is 20.0. The molecule has 2 aromatic heterocycles. The molecule has 3 aromatic rings. The molecule has 1 aromatic carbocycles. The van der Waals surface area contributed by atoms with Gasteiger partial charge in [0.1, 0.15) is 28.3 Å². The Labute approximate surface area is 205 Å². The Morgan fingerprint density at radius 1 is 1.14 bits per heavy atom. The van der Waals surface area contributed by atoms with Crippen molar-refractivity contribution in [1.29, 1.82) is 0 Å². The summed E-state index contributed by atoms with van der Waals surface area (Å²) in [6, 6.07) is 7.24. The van der Waals surface area contributed by atoms with E-state index in [9.17, 15) is 29.0 Å². The van der Waals surface area contributed by atoms with Gasteiger partial charge < -0.3 is 20.3 Å². The number of benzene rings is 1. The highest BCUT2D eigenvalue weighted by Crippen LogP contribution is 2.30. The Morgan fingerprint density at radius 2 is 1.81 bits per heavy atom. The molecule has 11 heteroatoms. The monoisotopic (exact) mass is 498 g/mol. The van der Waals surface area contributed by atoms with E-state index in [0.717, 1.165) is 0 Å². The Morgan fingerprint density at radius 3 is 2.44 bits per heavy atom. The van der Waals surface area contributed by atoms with Crippen LogP contribution in [0.1, 0.15) is 24.2 Å². The summed E-state index contributed by atoms with van der Waals surface area (Å²) < 4.78 is 20.1. The lowest BCUT2D eigenvalue weighted by atomic mass is 10.0. The quantitative estimate of drug-likeness (QED) is 0.449. The van der Waals surface area contributed by atoms with E-state index in [1.165, 1.54) is 36.7 Å². The number of halogens is 1. The van der Waals surface area contributed by atoms with Gasteiger partial charge in [0.15, 0.2) is 0 Å². The van der Waals surface area contributed by atoms with E-state index >= 15 is 0 Å². The minimum atomic E-state index is -1.68. The van der Waals surface area contributed by atoms with E-state index in [0.29, 0.717) is 44.0 Å². The van der Waals surface area contributed by atoms with Crippen molar-refractivity contribution in [2.45, 2.75) is 25.9 Å². The van der Waals surface area contributed by atoms with Crippen LogP contribution in [0.3, 0.4) is 0 Å². The summed E-state index contributed by atoms with van der Waals surface area (Å²) >= 11 is 0. The number of morpholine rings is 1. The van der Waals surface area contributed by atoms with Crippen LogP contribution in [0.15, 0.2) is 41.3 Å². The molecule has 0 saturated carbocycles. The van der Waals surface area contributed by atoms with Crippen LogP contribution in [0.5, 0.6) is 5.75 Å². The molecule has 1 saturated heterocycles. The topological polar surface area (TPSA) is 134 Å². The Hall–Kier alpha value is -3.83. The number of carboxylic acid groups (broad SMARTS) is 1. The fraction of sp³-hybridized carbons (Fsp3) is 0.360.